The maximum atomic E-state index is 11.5. The molecule has 0 radical (unpaired) electrons. The first kappa shape index (κ1) is 10.2. The zero-order valence-electron chi connectivity index (χ0n) is 7.82. The van der Waals surface area contributed by atoms with Gasteiger partial charge in [0.2, 0.25) is 0 Å². The Morgan fingerprint density at radius 1 is 1.38 bits per heavy atom. The SMILES string of the molecule is C=C(C)CS(=O)Cc1ccccc1. The average Bonchev–Trinajstić information content (AvgIpc) is 2.04. The highest BCUT2D eigenvalue weighted by molar-refractivity contribution is 7.84. The largest absolute Gasteiger partial charge is 0.259 e. The average molecular weight is 194 g/mol. The summed E-state index contributed by atoms with van der Waals surface area (Å²) in [7, 11) is -0.801. The third-order valence-corrected chi connectivity index (χ3v) is 3.05. The molecule has 0 amide bonds. The van der Waals surface area contributed by atoms with E-state index in [1.165, 1.54) is 0 Å². The second-order valence-electron chi connectivity index (χ2n) is 3.17. The maximum absolute atomic E-state index is 11.5. The van der Waals surface area contributed by atoms with Crippen molar-refractivity contribution in [3.05, 3.63) is 48.0 Å². The van der Waals surface area contributed by atoms with E-state index < -0.39 is 10.8 Å². The Labute approximate surface area is 81.9 Å². The lowest BCUT2D eigenvalue weighted by Crippen LogP contribution is -2.01. The number of benzene rings is 1. The summed E-state index contributed by atoms with van der Waals surface area (Å²) in [5, 5.41) is 0. The van der Waals surface area contributed by atoms with Gasteiger partial charge in [0, 0.05) is 22.3 Å². The molecule has 0 aliphatic carbocycles. The van der Waals surface area contributed by atoms with Crippen LogP contribution in [0, 0.1) is 0 Å². The highest BCUT2D eigenvalue weighted by Gasteiger charge is 2.00. The van der Waals surface area contributed by atoms with Crippen LogP contribution in [0.25, 0.3) is 0 Å². The van der Waals surface area contributed by atoms with Crippen LogP contribution in [0.2, 0.25) is 0 Å². The second kappa shape index (κ2) is 4.97. The predicted octanol–water partition coefficient (Wildman–Crippen LogP) is 2.51. The molecule has 0 N–H and O–H groups in total. The minimum absolute atomic E-state index is 0.606. The lowest BCUT2D eigenvalue weighted by atomic mass is 10.2. The van der Waals surface area contributed by atoms with Gasteiger partial charge in [-0.2, -0.15) is 0 Å². The molecule has 0 aliphatic rings. The molecule has 2 heteroatoms. The van der Waals surface area contributed by atoms with Crippen molar-refractivity contribution in [1.29, 1.82) is 0 Å². The molecular weight excluding hydrogens is 180 g/mol. The molecule has 0 saturated carbocycles. The lowest BCUT2D eigenvalue weighted by molar-refractivity contribution is 0.684. The van der Waals surface area contributed by atoms with E-state index in [0.717, 1.165) is 11.1 Å². The van der Waals surface area contributed by atoms with Crippen LogP contribution in [0.5, 0.6) is 0 Å². The van der Waals surface area contributed by atoms with Crippen molar-refractivity contribution in [3.63, 3.8) is 0 Å². The smallest absolute Gasteiger partial charge is 0.0488 e. The Kier molecular flexibility index (Phi) is 3.90. The van der Waals surface area contributed by atoms with E-state index in [2.05, 4.69) is 6.58 Å². The second-order valence-corrected chi connectivity index (χ2v) is 4.63. The molecule has 1 atom stereocenters. The normalized spacial score (nSPS) is 12.4. The van der Waals surface area contributed by atoms with Gasteiger partial charge in [0.15, 0.2) is 0 Å². The van der Waals surface area contributed by atoms with E-state index >= 15 is 0 Å². The molecule has 0 spiro atoms. The zero-order valence-corrected chi connectivity index (χ0v) is 8.64. The van der Waals surface area contributed by atoms with Gasteiger partial charge in [-0.25, -0.2) is 0 Å². The van der Waals surface area contributed by atoms with Gasteiger partial charge in [-0.3, -0.25) is 4.21 Å². The van der Waals surface area contributed by atoms with Crippen molar-refractivity contribution < 1.29 is 4.21 Å². The molecule has 0 bridgehead atoms. The topological polar surface area (TPSA) is 17.1 Å². The molecule has 70 valence electrons. The van der Waals surface area contributed by atoms with E-state index in [1.807, 2.05) is 37.3 Å². The van der Waals surface area contributed by atoms with Crippen molar-refractivity contribution in [2.45, 2.75) is 12.7 Å². The number of hydrogen-bond donors (Lipinski definition) is 0. The molecule has 13 heavy (non-hydrogen) atoms. The van der Waals surface area contributed by atoms with Gasteiger partial charge in [0.1, 0.15) is 0 Å². The molecule has 1 aromatic carbocycles. The Balaban J connectivity index is 2.50. The quantitative estimate of drug-likeness (QED) is 0.673. The van der Waals surface area contributed by atoms with Gasteiger partial charge < -0.3 is 0 Å². The summed E-state index contributed by atoms with van der Waals surface area (Å²) in [4.78, 5) is 0. The first-order chi connectivity index (χ1) is 6.18. The summed E-state index contributed by atoms with van der Waals surface area (Å²) in [5.41, 5.74) is 2.11. The van der Waals surface area contributed by atoms with E-state index in [1.54, 1.807) is 0 Å². The van der Waals surface area contributed by atoms with Gasteiger partial charge in [0.05, 0.1) is 0 Å². The molecule has 0 aliphatic heterocycles. The van der Waals surface area contributed by atoms with E-state index in [9.17, 15) is 4.21 Å². The first-order valence-electron chi connectivity index (χ1n) is 4.22. The van der Waals surface area contributed by atoms with Crippen molar-refractivity contribution in [3.8, 4) is 0 Å². The van der Waals surface area contributed by atoms with Crippen LogP contribution >= 0.6 is 0 Å². The minimum atomic E-state index is -0.801. The molecule has 0 heterocycles. The van der Waals surface area contributed by atoms with E-state index in [-0.39, 0.29) is 0 Å². The number of hydrogen-bond acceptors (Lipinski definition) is 1. The van der Waals surface area contributed by atoms with Crippen LogP contribution in [0.15, 0.2) is 42.5 Å². The Hall–Kier alpha value is -0.890. The van der Waals surface area contributed by atoms with Crippen molar-refractivity contribution in [1.82, 2.24) is 0 Å². The van der Waals surface area contributed by atoms with Crippen LogP contribution in [0.3, 0.4) is 0 Å². The highest BCUT2D eigenvalue weighted by Crippen LogP contribution is 2.04. The fourth-order valence-electron chi connectivity index (χ4n) is 1.09. The third-order valence-electron chi connectivity index (χ3n) is 1.58. The molecule has 1 aromatic rings. The maximum Gasteiger partial charge on any atom is 0.0488 e. The van der Waals surface area contributed by atoms with Crippen molar-refractivity contribution in [2.75, 3.05) is 5.75 Å². The summed E-state index contributed by atoms with van der Waals surface area (Å²) < 4.78 is 11.5. The predicted molar refractivity (Wildman–Crippen MR) is 58.0 cm³/mol. The number of rotatable bonds is 4. The highest BCUT2D eigenvalue weighted by atomic mass is 32.2. The van der Waals surface area contributed by atoms with Gasteiger partial charge in [-0.05, 0) is 12.5 Å². The van der Waals surface area contributed by atoms with Crippen molar-refractivity contribution in [2.24, 2.45) is 0 Å². The first-order valence-corrected chi connectivity index (χ1v) is 5.70. The fourth-order valence-corrected chi connectivity index (χ4v) is 2.30. The molecular formula is C11H14OS. The Morgan fingerprint density at radius 2 is 2.00 bits per heavy atom. The van der Waals surface area contributed by atoms with E-state index in [0.29, 0.717) is 11.5 Å². The summed E-state index contributed by atoms with van der Waals surface area (Å²) in [5.74, 6) is 1.24. The van der Waals surface area contributed by atoms with Gasteiger partial charge >= 0.3 is 0 Å². The summed E-state index contributed by atoms with van der Waals surface area (Å²) in [6, 6.07) is 9.89. The van der Waals surface area contributed by atoms with Gasteiger partial charge in [-0.1, -0.05) is 42.5 Å². The molecule has 1 nitrogen and oxygen atoms in total. The van der Waals surface area contributed by atoms with E-state index in [4.69, 9.17) is 0 Å². The van der Waals surface area contributed by atoms with Crippen molar-refractivity contribution >= 4 is 10.8 Å². The van der Waals surface area contributed by atoms with Gasteiger partial charge in [-0.15, -0.1) is 0 Å². The lowest BCUT2D eigenvalue weighted by Gasteiger charge is -2.01. The fraction of sp³-hybridized carbons (Fsp3) is 0.273. The molecule has 0 saturated heterocycles. The standard InChI is InChI=1S/C11H14OS/c1-10(2)8-13(12)9-11-6-4-3-5-7-11/h3-7H,1,8-9H2,2H3. The summed E-state index contributed by atoms with van der Waals surface area (Å²) in [6.07, 6.45) is 0. The monoisotopic (exact) mass is 194 g/mol. The van der Waals surface area contributed by atoms with Crippen LogP contribution in [-0.4, -0.2) is 9.96 Å². The molecule has 1 rings (SSSR count). The summed E-state index contributed by atoms with van der Waals surface area (Å²) >= 11 is 0. The molecule has 0 aromatic heterocycles. The third kappa shape index (κ3) is 4.04. The van der Waals surface area contributed by atoms with Crippen LogP contribution in [0.4, 0.5) is 0 Å². The van der Waals surface area contributed by atoms with Gasteiger partial charge in [0.25, 0.3) is 0 Å². The van der Waals surface area contributed by atoms with Crippen LogP contribution < -0.4 is 0 Å². The van der Waals surface area contributed by atoms with Crippen LogP contribution in [0.1, 0.15) is 12.5 Å². The Morgan fingerprint density at radius 3 is 2.54 bits per heavy atom. The minimum Gasteiger partial charge on any atom is -0.259 e. The Bertz CT molecular complexity index is 303. The van der Waals surface area contributed by atoms with Crippen LogP contribution in [-0.2, 0) is 16.6 Å². The zero-order chi connectivity index (χ0) is 9.68. The summed E-state index contributed by atoms with van der Waals surface area (Å²) in [6.45, 7) is 5.65. The molecule has 1 unspecified atom stereocenters. The molecule has 0 fully saturated rings.